The highest BCUT2D eigenvalue weighted by molar-refractivity contribution is 5.29. The number of halogens is 1. The van der Waals surface area contributed by atoms with Crippen LogP contribution >= 0.6 is 0 Å². The summed E-state index contributed by atoms with van der Waals surface area (Å²) in [5.74, 6) is 0.853. The van der Waals surface area contributed by atoms with E-state index in [-0.39, 0.29) is 12.7 Å². The Hall–Kier alpha value is -1.62. The Kier molecular flexibility index (Phi) is 6.07. The molecule has 0 spiro atoms. The summed E-state index contributed by atoms with van der Waals surface area (Å²) in [6.07, 6.45) is 11.9. The first-order chi connectivity index (χ1) is 11.8. The van der Waals surface area contributed by atoms with Gasteiger partial charge in [-0.2, -0.15) is 0 Å². The van der Waals surface area contributed by atoms with Crippen molar-refractivity contribution >= 4 is 0 Å². The number of aromatic nitrogens is 1. The molecule has 0 saturated carbocycles. The molecule has 2 aliphatic heterocycles. The van der Waals surface area contributed by atoms with E-state index in [1.807, 2.05) is 6.20 Å². The molecular weight excluding hydrogens is 305 g/mol. The largest absolute Gasteiger partial charge is 0.490 e. The zero-order chi connectivity index (χ0) is 16.8. The molecule has 2 atom stereocenters. The smallest absolute Gasteiger partial charge is 0.138 e. The molecule has 0 amide bonds. The third-order valence-electron chi connectivity index (χ3n) is 5.06. The lowest BCUT2D eigenvalue weighted by Crippen LogP contribution is -2.48. The third-order valence-corrected chi connectivity index (χ3v) is 5.06. The van der Waals surface area contributed by atoms with Crippen molar-refractivity contribution in [3.05, 3.63) is 35.8 Å². The molecule has 4 nitrogen and oxygen atoms in total. The second kappa shape index (κ2) is 8.47. The van der Waals surface area contributed by atoms with E-state index in [1.54, 1.807) is 6.20 Å². The Bertz CT molecular complexity index is 563. The van der Waals surface area contributed by atoms with Crippen LogP contribution in [0.5, 0.6) is 5.75 Å². The molecule has 1 N–H and O–H groups in total. The summed E-state index contributed by atoms with van der Waals surface area (Å²) < 4.78 is 18.0. The predicted molar refractivity (Wildman–Crippen MR) is 93.8 cm³/mol. The molecule has 0 aliphatic carbocycles. The van der Waals surface area contributed by atoms with Gasteiger partial charge in [0.05, 0.1) is 18.9 Å². The van der Waals surface area contributed by atoms with Gasteiger partial charge in [-0.05, 0) is 57.3 Å². The van der Waals surface area contributed by atoms with Crippen molar-refractivity contribution in [2.24, 2.45) is 0 Å². The lowest BCUT2D eigenvalue weighted by Gasteiger charge is -2.37. The summed E-state index contributed by atoms with van der Waals surface area (Å²) >= 11 is 0. The molecular formula is C19H28FN3O. The first-order valence-electron chi connectivity index (χ1n) is 9.06. The number of alkyl halides is 1. The summed E-state index contributed by atoms with van der Waals surface area (Å²) in [4.78, 5) is 6.65. The van der Waals surface area contributed by atoms with E-state index >= 15 is 0 Å². The van der Waals surface area contributed by atoms with Crippen molar-refractivity contribution in [3.8, 4) is 5.75 Å². The number of nitrogens with zero attached hydrogens (tertiary/aromatic N) is 2. The Labute approximate surface area is 144 Å². The number of rotatable bonds is 9. The highest BCUT2D eigenvalue weighted by Crippen LogP contribution is 2.28. The number of pyridine rings is 1. The molecule has 3 rings (SSSR count). The maximum Gasteiger partial charge on any atom is 0.138 e. The van der Waals surface area contributed by atoms with Gasteiger partial charge in [-0.25, -0.2) is 0 Å². The fourth-order valence-electron chi connectivity index (χ4n) is 3.26. The number of ether oxygens (including phenoxy) is 1. The van der Waals surface area contributed by atoms with Crippen LogP contribution < -0.4 is 10.1 Å². The van der Waals surface area contributed by atoms with Gasteiger partial charge in [0.1, 0.15) is 12.4 Å². The highest BCUT2D eigenvalue weighted by atomic mass is 19.1. The van der Waals surface area contributed by atoms with Crippen LogP contribution in [0.4, 0.5) is 4.39 Å². The summed E-state index contributed by atoms with van der Waals surface area (Å²) in [5.41, 5.74) is 2.45. The van der Waals surface area contributed by atoms with Gasteiger partial charge in [-0.1, -0.05) is 12.5 Å². The van der Waals surface area contributed by atoms with Crippen LogP contribution in [-0.2, 0) is 0 Å². The quantitative estimate of drug-likeness (QED) is 0.701. The van der Waals surface area contributed by atoms with Crippen LogP contribution in [-0.4, -0.2) is 42.8 Å². The van der Waals surface area contributed by atoms with Crippen LogP contribution in [0.25, 0.3) is 0 Å². The van der Waals surface area contributed by atoms with E-state index in [9.17, 15) is 4.39 Å². The fraction of sp³-hybridized carbons (Fsp3) is 0.632. The average Bonchev–Trinajstić information content (AvgIpc) is 3.07. The minimum Gasteiger partial charge on any atom is -0.490 e. The van der Waals surface area contributed by atoms with Crippen LogP contribution in [0, 0.1) is 0 Å². The zero-order valence-corrected chi connectivity index (χ0v) is 14.5. The molecule has 132 valence electrons. The number of likely N-dealkylation sites (N-methyl/N-ethyl adjacent to an activating group) is 1. The molecule has 1 saturated heterocycles. The molecule has 1 aromatic rings. The maximum atomic E-state index is 12.1. The lowest BCUT2D eigenvalue weighted by atomic mass is 10.1. The second-order valence-electron chi connectivity index (χ2n) is 6.85. The van der Waals surface area contributed by atoms with Gasteiger partial charge < -0.3 is 10.1 Å². The first-order valence-corrected chi connectivity index (χ1v) is 9.06. The third kappa shape index (κ3) is 4.47. The monoisotopic (exact) mass is 333 g/mol. The number of hydrogen-bond acceptors (Lipinski definition) is 4. The van der Waals surface area contributed by atoms with Crippen LogP contribution in [0.1, 0.15) is 50.1 Å². The topological polar surface area (TPSA) is 37.4 Å². The van der Waals surface area contributed by atoms with Gasteiger partial charge in [0.2, 0.25) is 0 Å². The van der Waals surface area contributed by atoms with Crippen molar-refractivity contribution in [1.82, 2.24) is 15.2 Å². The van der Waals surface area contributed by atoms with Gasteiger partial charge in [-0.3, -0.25) is 14.3 Å². The maximum absolute atomic E-state index is 12.1. The Morgan fingerprint density at radius 3 is 3.00 bits per heavy atom. The molecule has 3 heterocycles. The van der Waals surface area contributed by atoms with Crippen molar-refractivity contribution in [2.75, 3.05) is 26.9 Å². The molecule has 1 fully saturated rings. The van der Waals surface area contributed by atoms with Gasteiger partial charge in [0.25, 0.3) is 0 Å². The molecule has 0 radical (unpaired) electrons. The number of unbranched alkanes of at least 4 members (excludes halogenated alkanes) is 2. The van der Waals surface area contributed by atoms with Crippen molar-refractivity contribution in [2.45, 2.75) is 50.6 Å². The van der Waals surface area contributed by atoms with E-state index < -0.39 is 0 Å². The summed E-state index contributed by atoms with van der Waals surface area (Å²) in [7, 11) is 2.13. The van der Waals surface area contributed by atoms with Crippen LogP contribution in [0.3, 0.4) is 0 Å². The lowest BCUT2D eigenvalue weighted by molar-refractivity contribution is 0.0767. The summed E-state index contributed by atoms with van der Waals surface area (Å²) in [5, 5.41) is 3.57. The second-order valence-corrected chi connectivity index (χ2v) is 6.85. The minimum absolute atomic E-state index is 0.204. The van der Waals surface area contributed by atoms with Gasteiger partial charge in [0, 0.05) is 17.9 Å². The van der Waals surface area contributed by atoms with Crippen molar-refractivity contribution in [1.29, 1.82) is 0 Å². The van der Waals surface area contributed by atoms with Gasteiger partial charge in [0.15, 0.2) is 0 Å². The van der Waals surface area contributed by atoms with E-state index in [1.165, 1.54) is 17.7 Å². The SMILES string of the molecule is CN1CC[C@H]1COc1cncc(C2CC=C(CCCCCF)N2)c1. The first kappa shape index (κ1) is 17.2. The Morgan fingerprint density at radius 1 is 1.33 bits per heavy atom. The van der Waals surface area contributed by atoms with Gasteiger partial charge >= 0.3 is 0 Å². The average molecular weight is 333 g/mol. The van der Waals surface area contributed by atoms with Crippen molar-refractivity contribution in [3.63, 3.8) is 0 Å². The normalized spacial score (nSPS) is 23.5. The molecule has 0 bridgehead atoms. The number of nitrogens with one attached hydrogen (secondary N) is 1. The minimum atomic E-state index is -0.204. The van der Waals surface area contributed by atoms with Crippen molar-refractivity contribution < 1.29 is 9.13 Å². The zero-order valence-electron chi connectivity index (χ0n) is 14.5. The molecule has 1 aromatic heterocycles. The van der Waals surface area contributed by atoms with Gasteiger partial charge in [-0.15, -0.1) is 0 Å². The van der Waals surface area contributed by atoms with E-state index in [0.29, 0.717) is 12.5 Å². The number of allylic oxidation sites excluding steroid dienone is 1. The molecule has 1 unspecified atom stereocenters. The Morgan fingerprint density at radius 2 is 2.25 bits per heavy atom. The summed E-state index contributed by atoms with van der Waals surface area (Å²) in [6.45, 7) is 1.69. The van der Waals surface area contributed by atoms with Crippen LogP contribution in [0.15, 0.2) is 30.2 Å². The standard InChI is InChI=1S/C19H28FN3O/c1-23-10-8-17(23)14-24-18-11-15(12-21-13-18)19-7-6-16(22-19)5-3-2-4-9-20/h6,11-13,17,19,22H,2-5,7-10,14H2,1H3/t17-,19?/m0/s1. The highest BCUT2D eigenvalue weighted by Gasteiger charge is 2.24. The Balaban J connectivity index is 1.46. The van der Waals surface area contributed by atoms with Crippen LogP contribution in [0.2, 0.25) is 0 Å². The fourth-order valence-corrected chi connectivity index (χ4v) is 3.26. The molecule has 2 aliphatic rings. The number of likely N-dealkylation sites (tertiary alicyclic amines) is 1. The molecule has 24 heavy (non-hydrogen) atoms. The van der Waals surface area contributed by atoms with E-state index in [0.717, 1.165) is 44.6 Å². The molecule has 5 heteroatoms. The van der Waals surface area contributed by atoms with E-state index in [2.05, 4.69) is 34.4 Å². The molecule has 0 aromatic carbocycles. The summed E-state index contributed by atoms with van der Waals surface area (Å²) in [6, 6.07) is 2.92. The number of hydrogen-bond donors (Lipinski definition) is 1. The van der Waals surface area contributed by atoms with E-state index in [4.69, 9.17) is 4.74 Å². The predicted octanol–water partition coefficient (Wildman–Crippen LogP) is 3.61.